The largest absolute Gasteiger partial charge is 0.388 e. The van der Waals surface area contributed by atoms with E-state index in [0.29, 0.717) is 32.7 Å². The molecule has 2 fully saturated rings. The van der Waals surface area contributed by atoms with Gasteiger partial charge in [-0.1, -0.05) is 0 Å². The first-order chi connectivity index (χ1) is 9.59. The number of aryl methyl sites for hydroxylation is 2. The van der Waals surface area contributed by atoms with Gasteiger partial charge in [-0.15, -0.1) is 0 Å². The van der Waals surface area contributed by atoms with Crippen LogP contribution in [0.25, 0.3) is 0 Å². The van der Waals surface area contributed by atoms with Crippen molar-refractivity contribution in [1.29, 1.82) is 0 Å². The van der Waals surface area contributed by atoms with Gasteiger partial charge in [0.05, 0.1) is 12.2 Å². The molecule has 3 rings (SSSR count). The van der Waals surface area contributed by atoms with Gasteiger partial charge in [0.15, 0.2) is 0 Å². The van der Waals surface area contributed by atoms with Crippen LogP contribution in [0.3, 0.4) is 0 Å². The third-order valence-electron chi connectivity index (χ3n) is 4.27. The van der Waals surface area contributed by atoms with Crippen LogP contribution in [-0.2, 0) is 16.1 Å². The summed E-state index contributed by atoms with van der Waals surface area (Å²) >= 11 is 0. The van der Waals surface area contributed by atoms with Crippen molar-refractivity contribution in [2.24, 2.45) is 0 Å². The average molecular weight is 279 g/mol. The normalized spacial score (nSPS) is 29.5. The quantitative estimate of drug-likeness (QED) is 0.866. The molecular weight excluding hydrogens is 258 g/mol. The Morgan fingerprint density at radius 3 is 3.15 bits per heavy atom. The van der Waals surface area contributed by atoms with Gasteiger partial charge in [0.25, 0.3) is 0 Å². The van der Waals surface area contributed by atoms with Crippen LogP contribution >= 0.6 is 0 Å². The zero-order valence-electron chi connectivity index (χ0n) is 11.8. The molecule has 1 aromatic heterocycles. The molecule has 6 nitrogen and oxygen atoms in total. The van der Waals surface area contributed by atoms with Gasteiger partial charge in [-0.25, -0.2) is 0 Å². The van der Waals surface area contributed by atoms with Crippen LogP contribution in [0.2, 0.25) is 0 Å². The van der Waals surface area contributed by atoms with Crippen molar-refractivity contribution in [3.63, 3.8) is 0 Å². The fourth-order valence-electron chi connectivity index (χ4n) is 3.12. The molecule has 1 amide bonds. The number of carbonyl (C=O) groups is 1. The molecule has 1 N–H and O–H groups in total. The molecule has 2 aliphatic heterocycles. The SMILES string of the molecule is Cc1ccn(CCC(=O)N2C[C@H](O)[C@]3(CCCO3)C2)n1. The summed E-state index contributed by atoms with van der Waals surface area (Å²) in [5.41, 5.74) is 0.449. The first kappa shape index (κ1) is 13.6. The van der Waals surface area contributed by atoms with Crippen LogP contribution in [-0.4, -0.2) is 57.1 Å². The second-order valence-corrected chi connectivity index (χ2v) is 5.78. The highest BCUT2D eigenvalue weighted by molar-refractivity contribution is 5.76. The molecule has 0 aromatic carbocycles. The molecule has 2 aliphatic rings. The Balaban J connectivity index is 1.56. The molecule has 110 valence electrons. The molecule has 6 heteroatoms. The highest BCUT2D eigenvalue weighted by atomic mass is 16.5. The van der Waals surface area contributed by atoms with E-state index >= 15 is 0 Å². The number of amides is 1. The van der Waals surface area contributed by atoms with Gasteiger partial charge < -0.3 is 14.7 Å². The monoisotopic (exact) mass is 279 g/mol. The van der Waals surface area contributed by atoms with E-state index in [-0.39, 0.29) is 5.91 Å². The van der Waals surface area contributed by atoms with E-state index in [0.717, 1.165) is 18.5 Å². The lowest BCUT2D eigenvalue weighted by atomic mass is 9.97. The van der Waals surface area contributed by atoms with Crippen LogP contribution < -0.4 is 0 Å². The minimum absolute atomic E-state index is 0.0598. The molecule has 3 heterocycles. The Morgan fingerprint density at radius 2 is 2.50 bits per heavy atom. The Labute approximate surface area is 118 Å². The van der Waals surface area contributed by atoms with Gasteiger partial charge in [-0.3, -0.25) is 9.48 Å². The van der Waals surface area contributed by atoms with Crippen LogP contribution in [0.1, 0.15) is 25.0 Å². The van der Waals surface area contributed by atoms with Crippen molar-refractivity contribution < 1.29 is 14.6 Å². The lowest BCUT2D eigenvalue weighted by molar-refractivity contribution is -0.131. The summed E-state index contributed by atoms with van der Waals surface area (Å²) in [6.45, 7) is 4.09. The van der Waals surface area contributed by atoms with Crippen molar-refractivity contribution >= 4 is 5.91 Å². The zero-order chi connectivity index (χ0) is 14.2. The summed E-state index contributed by atoms with van der Waals surface area (Å²) < 4.78 is 7.48. The van der Waals surface area contributed by atoms with Gasteiger partial charge in [0.1, 0.15) is 11.7 Å². The molecule has 0 saturated carbocycles. The molecule has 1 aromatic rings. The Morgan fingerprint density at radius 1 is 1.65 bits per heavy atom. The zero-order valence-corrected chi connectivity index (χ0v) is 11.8. The number of aromatic nitrogens is 2. The first-order valence-corrected chi connectivity index (χ1v) is 7.19. The van der Waals surface area contributed by atoms with Gasteiger partial charge in [-0.05, 0) is 25.8 Å². The van der Waals surface area contributed by atoms with E-state index < -0.39 is 11.7 Å². The molecule has 1 spiro atoms. The van der Waals surface area contributed by atoms with Crippen LogP contribution in [0.5, 0.6) is 0 Å². The number of hydrogen-bond donors (Lipinski definition) is 1. The number of rotatable bonds is 3. The maximum absolute atomic E-state index is 12.2. The highest BCUT2D eigenvalue weighted by Gasteiger charge is 2.50. The van der Waals surface area contributed by atoms with E-state index in [1.807, 2.05) is 19.2 Å². The topological polar surface area (TPSA) is 67.6 Å². The molecular formula is C14H21N3O3. The van der Waals surface area contributed by atoms with Crippen molar-refractivity contribution in [3.8, 4) is 0 Å². The molecule has 0 bridgehead atoms. The number of aliphatic hydroxyl groups excluding tert-OH is 1. The van der Waals surface area contributed by atoms with Crippen molar-refractivity contribution in [1.82, 2.24) is 14.7 Å². The van der Waals surface area contributed by atoms with Gasteiger partial charge >= 0.3 is 0 Å². The fraction of sp³-hybridized carbons (Fsp3) is 0.714. The second kappa shape index (κ2) is 5.18. The third-order valence-corrected chi connectivity index (χ3v) is 4.27. The number of ether oxygens (including phenoxy) is 1. The van der Waals surface area contributed by atoms with Crippen LogP contribution in [0.15, 0.2) is 12.3 Å². The van der Waals surface area contributed by atoms with Crippen LogP contribution in [0.4, 0.5) is 0 Å². The van der Waals surface area contributed by atoms with E-state index in [9.17, 15) is 9.90 Å². The van der Waals surface area contributed by atoms with Crippen molar-refractivity contribution in [3.05, 3.63) is 18.0 Å². The Kier molecular flexibility index (Phi) is 3.52. The summed E-state index contributed by atoms with van der Waals surface area (Å²) in [7, 11) is 0. The van der Waals surface area contributed by atoms with Gasteiger partial charge in [0, 0.05) is 32.3 Å². The number of likely N-dealkylation sites (tertiary alicyclic amines) is 1. The highest BCUT2D eigenvalue weighted by Crippen LogP contribution is 2.35. The molecule has 0 aliphatic carbocycles. The maximum Gasteiger partial charge on any atom is 0.224 e. The molecule has 2 saturated heterocycles. The van der Waals surface area contributed by atoms with Gasteiger partial charge in [-0.2, -0.15) is 5.10 Å². The Hall–Kier alpha value is -1.40. The van der Waals surface area contributed by atoms with E-state index in [2.05, 4.69) is 5.10 Å². The Bertz CT molecular complexity index is 494. The number of hydrogen-bond acceptors (Lipinski definition) is 4. The molecule has 20 heavy (non-hydrogen) atoms. The number of aliphatic hydroxyl groups is 1. The lowest BCUT2D eigenvalue weighted by Crippen LogP contribution is -2.41. The summed E-state index contributed by atoms with van der Waals surface area (Å²) in [6.07, 6.45) is 3.54. The third kappa shape index (κ3) is 2.45. The summed E-state index contributed by atoms with van der Waals surface area (Å²) in [5.74, 6) is 0.0598. The molecule has 0 unspecified atom stereocenters. The summed E-state index contributed by atoms with van der Waals surface area (Å²) in [4.78, 5) is 14.0. The number of β-amino-alcohol motifs (C(OH)–C–C–N with tert-alkyl or cyclic N) is 1. The van der Waals surface area contributed by atoms with E-state index in [1.54, 1.807) is 9.58 Å². The molecule has 2 atom stereocenters. The smallest absolute Gasteiger partial charge is 0.224 e. The maximum atomic E-state index is 12.2. The van der Waals surface area contributed by atoms with E-state index in [4.69, 9.17) is 4.74 Å². The summed E-state index contributed by atoms with van der Waals surface area (Å²) in [5, 5.41) is 14.4. The molecule has 0 radical (unpaired) electrons. The second-order valence-electron chi connectivity index (χ2n) is 5.78. The van der Waals surface area contributed by atoms with Crippen molar-refractivity contribution in [2.45, 2.75) is 44.4 Å². The minimum Gasteiger partial charge on any atom is -0.388 e. The predicted octanol–water partition coefficient (Wildman–Crippen LogP) is 0.334. The van der Waals surface area contributed by atoms with Crippen LogP contribution in [0, 0.1) is 6.92 Å². The number of carbonyl (C=O) groups excluding carboxylic acids is 1. The van der Waals surface area contributed by atoms with E-state index in [1.165, 1.54) is 0 Å². The standard InChI is InChI=1S/C14H21N3O3/c1-11-3-6-17(15-11)7-4-13(19)16-9-12(18)14(10-16)5-2-8-20-14/h3,6,12,18H,2,4-5,7-10H2,1H3/t12-,14-/m0/s1. The first-order valence-electron chi connectivity index (χ1n) is 7.19. The fourth-order valence-corrected chi connectivity index (χ4v) is 3.12. The van der Waals surface area contributed by atoms with Gasteiger partial charge in [0.2, 0.25) is 5.91 Å². The minimum atomic E-state index is -0.555. The number of nitrogens with zero attached hydrogens (tertiary/aromatic N) is 3. The lowest BCUT2D eigenvalue weighted by Gasteiger charge is -2.25. The van der Waals surface area contributed by atoms with Crippen molar-refractivity contribution in [2.75, 3.05) is 19.7 Å². The average Bonchev–Trinajstić information content (AvgIpc) is 3.11. The predicted molar refractivity (Wildman–Crippen MR) is 72.1 cm³/mol. The summed E-state index contributed by atoms with van der Waals surface area (Å²) in [6, 6.07) is 1.92.